The molecular weight excluding hydrogens is 292 g/mol. The maximum atomic E-state index is 12.0. The van der Waals surface area contributed by atoms with Crippen molar-refractivity contribution < 1.29 is 14.6 Å². The highest BCUT2D eigenvalue weighted by molar-refractivity contribution is 5.70. The van der Waals surface area contributed by atoms with Crippen molar-refractivity contribution in [1.82, 2.24) is 9.80 Å². The highest BCUT2D eigenvalue weighted by atomic mass is 16.6. The first-order valence-electron chi connectivity index (χ1n) is 8.51. The maximum absolute atomic E-state index is 12.0. The minimum atomic E-state index is -0.179. The van der Waals surface area contributed by atoms with Gasteiger partial charge in [0.2, 0.25) is 0 Å². The molecule has 23 heavy (non-hydrogen) atoms. The minimum Gasteiger partial charge on any atom is -0.508 e. The third-order valence-electron chi connectivity index (χ3n) is 5.10. The Kier molecular flexibility index (Phi) is 5.06. The van der Waals surface area contributed by atoms with Crippen LogP contribution in [0, 0.1) is 5.92 Å². The van der Waals surface area contributed by atoms with E-state index in [1.165, 1.54) is 12.8 Å². The fourth-order valence-electron chi connectivity index (χ4n) is 3.51. The molecule has 2 fully saturated rings. The van der Waals surface area contributed by atoms with Gasteiger partial charge in [-0.1, -0.05) is 12.1 Å². The zero-order valence-electron chi connectivity index (χ0n) is 13.8. The van der Waals surface area contributed by atoms with Crippen LogP contribution in [0.15, 0.2) is 24.3 Å². The van der Waals surface area contributed by atoms with E-state index in [0.717, 1.165) is 38.0 Å². The number of rotatable bonds is 5. The molecule has 5 nitrogen and oxygen atoms in total. The lowest BCUT2D eigenvalue weighted by Gasteiger charge is -2.30. The third kappa shape index (κ3) is 4.16. The van der Waals surface area contributed by atoms with Gasteiger partial charge in [0.25, 0.3) is 0 Å². The predicted molar refractivity (Wildman–Crippen MR) is 88.5 cm³/mol. The molecule has 0 aliphatic carbocycles. The minimum absolute atomic E-state index is 0.110. The molecule has 2 heterocycles. The van der Waals surface area contributed by atoms with Crippen LogP contribution < -0.4 is 0 Å². The molecule has 1 amide bonds. The lowest BCUT2D eigenvalue weighted by Crippen LogP contribution is -2.38. The van der Waals surface area contributed by atoms with E-state index in [1.807, 2.05) is 17.0 Å². The average Bonchev–Trinajstić information content (AvgIpc) is 2.89. The largest absolute Gasteiger partial charge is 0.508 e. The van der Waals surface area contributed by atoms with Gasteiger partial charge in [-0.05, 0) is 69.4 Å². The summed E-state index contributed by atoms with van der Waals surface area (Å²) in [6.45, 7) is 3.57. The van der Waals surface area contributed by atoms with Crippen LogP contribution in [-0.4, -0.2) is 60.3 Å². The summed E-state index contributed by atoms with van der Waals surface area (Å²) in [5, 5.41) is 9.37. The Bertz CT molecular complexity index is 524. The normalized spacial score (nSPS) is 23.3. The van der Waals surface area contributed by atoms with Gasteiger partial charge in [0.15, 0.2) is 0 Å². The number of carbonyl (C=O) groups excluding carboxylic acids is 1. The molecule has 2 saturated heterocycles. The predicted octanol–water partition coefficient (Wildman–Crippen LogP) is 2.49. The second kappa shape index (κ2) is 7.21. The molecule has 0 radical (unpaired) electrons. The van der Waals surface area contributed by atoms with Crippen LogP contribution in [0.4, 0.5) is 4.79 Å². The standard InChI is InChI=1S/C18H26N2O3/c1-19-9-6-14(7-10-19)8-11-20-16(13-23-18(20)22)12-15-2-4-17(21)5-3-15/h2-5,14,16,21H,6-13H2,1H3. The first-order valence-corrected chi connectivity index (χ1v) is 8.51. The van der Waals surface area contributed by atoms with Crippen LogP contribution in [0.5, 0.6) is 5.75 Å². The van der Waals surface area contributed by atoms with Gasteiger partial charge in [0, 0.05) is 6.54 Å². The molecule has 1 atom stereocenters. The van der Waals surface area contributed by atoms with Crippen molar-refractivity contribution in [2.45, 2.75) is 31.7 Å². The zero-order valence-corrected chi connectivity index (χ0v) is 13.8. The first-order chi connectivity index (χ1) is 11.1. The number of piperidine rings is 1. The molecule has 1 unspecified atom stereocenters. The molecular formula is C18H26N2O3. The monoisotopic (exact) mass is 318 g/mol. The zero-order chi connectivity index (χ0) is 16.2. The highest BCUT2D eigenvalue weighted by Gasteiger charge is 2.33. The van der Waals surface area contributed by atoms with Crippen molar-refractivity contribution in [2.24, 2.45) is 5.92 Å². The Morgan fingerprint density at radius 2 is 1.91 bits per heavy atom. The van der Waals surface area contributed by atoms with E-state index < -0.39 is 0 Å². The molecule has 1 aromatic carbocycles. The second-order valence-corrected chi connectivity index (χ2v) is 6.83. The van der Waals surface area contributed by atoms with E-state index >= 15 is 0 Å². The maximum Gasteiger partial charge on any atom is 0.410 e. The van der Waals surface area contributed by atoms with E-state index in [0.29, 0.717) is 12.5 Å². The number of cyclic esters (lactones) is 1. The molecule has 1 N–H and O–H groups in total. The number of phenols is 1. The topological polar surface area (TPSA) is 53.0 Å². The highest BCUT2D eigenvalue weighted by Crippen LogP contribution is 2.23. The number of likely N-dealkylation sites (tertiary alicyclic amines) is 1. The fourth-order valence-corrected chi connectivity index (χ4v) is 3.51. The van der Waals surface area contributed by atoms with Gasteiger partial charge in [0.05, 0.1) is 6.04 Å². The Hall–Kier alpha value is -1.75. The molecule has 1 aromatic rings. The number of hydrogen-bond acceptors (Lipinski definition) is 4. The van der Waals surface area contributed by atoms with Crippen LogP contribution in [0.1, 0.15) is 24.8 Å². The lowest BCUT2D eigenvalue weighted by atomic mass is 9.93. The van der Waals surface area contributed by atoms with Crippen molar-refractivity contribution in [3.05, 3.63) is 29.8 Å². The number of phenolic OH excluding ortho intramolecular Hbond substituents is 1. The number of hydrogen-bond donors (Lipinski definition) is 1. The molecule has 126 valence electrons. The number of aromatic hydroxyl groups is 1. The van der Waals surface area contributed by atoms with Crippen molar-refractivity contribution >= 4 is 6.09 Å². The molecule has 0 spiro atoms. The summed E-state index contributed by atoms with van der Waals surface area (Å²) in [6, 6.07) is 7.31. The van der Waals surface area contributed by atoms with Gasteiger partial charge >= 0.3 is 6.09 Å². The van der Waals surface area contributed by atoms with Gasteiger partial charge in [-0.3, -0.25) is 0 Å². The Morgan fingerprint density at radius 3 is 2.61 bits per heavy atom. The van der Waals surface area contributed by atoms with Crippen LogP contribution in [0.25, 0.3) is 0 Å². The quantitative estimate of drug-likeness (QED) is 0.906. The molecule has 0 saturated carbocycles. The number of ether oxygens (including phenoxy) is 1. The summed E-state index contributed by atoms with van der Waals surface area (Å²) >= 11 is 0. The SMILES string of the molecule is CN1CCC(CCN2C(=O)OCC2Cc2ccc(O)cc2)CC1. The molecule has 3 rings (SSSR count). The Balaban J connectivity index is 1.53. The van der Waals surface area contributed by atoms with E-state index in [2.05, 4.69) is 11.9 Å². The van der Waals surface area contributed by atoms with E-state index in [9.17, 15) is 9.90 Å². The number of benzene rings is 1. The van der Waals surface area contributed by atoms with Gasteiger partial charge in [-0.2, -0.15) is 0 Å². The second-order valence-electron chi connectivity index (χ2n) is 6.83. The van der Waals surface area contributed by atoms with E-state index in [4.69, 9.17) is 4.74 Å². The summed E-state index contributed by atoms with van der Waals surface area (Å²) < 4.78 is 5.26. The molecule has 2 aliphatic heterocycles. The molecule has 5 heteroatoms. The number of amides is 1. The summed E-state index contributed by atoms with van der Waals surface area (Å²) in [4.78, 5) is 16.3. The van der Waals surface area contributed by atoms with Crippen molar-refractivity contribution in [3.63, 3.8) is 0 Å². The van der Waals surface area contributed by atoms with Gasteiger partial charge in [-0.25, -0.2) is 4.79 Å². The van der Waals surface area contributed by atoms with Crippen molar-refractivity contribution in [1.29, 1.82) is 0 Å². The van der Waals surface area contributed by atoms with Gasteiger partial charge < -0.3 is 19.6 Å². The summed E-state index contributed by atoms with van der Waals surface area (Å²) in [5.41, 5.74) is 1.12. The molecule has 0 aromatic heterocycles. The van der Waals surface area contributed by atoms with Gasteiger partial charge in [0.1, 0.15) is 12.4 Å². The van der Waals surface area contributed by atoms with Crippen molar-refractivity contribution in [2.75, 3.05) is 33.3 Å². The Labute approximate surface area is 137 Å². The van der Waals surface area contributed by atoms with Crippen LogP contribution in [0.3, 0.4) is 0 Å². The smallest absolute Gasteiger partial charge is 0.410 e. The van der Waals surface area contributed by atoms with E-state index in [1.54, 1.807) is 12.1 Å². The third-order valence-corrected chi connectivity index (χ3v) is 5.10. The fraction of sp³-hybridized carbons (Fsp3) is 0.611. The van der Waals surface area contributed by atoms with Crippen LogP contribution in [0.2, 0.25) is 0 Å². The first kappa shape index (κ1) is 16.1. The Morgan fingerprint density at radius 1 is 1.22 bits per heavy atom. The summed E-state index contributed by atoms with van der Waals surface area (Å²) in [7, 11) is 2.17. The lowest BCUT2D eigenvalue weighted by molar-refractivity contribution is 0.151. The van der Waals surface area contributed by atoms with E-state index in [-0.39, 0.29) is 17.9 Å². The van der Waals surface area contributed by atoms with Crippen LogP contribution >= 0.6 is 0 Å². The van der Waals surface area contributed by atoms with Gasteiger partial charge in [-0.15, -0.1) is 0 Å². The summed E-state index contributed by atoms with van der Waals surface area (Å²) in [5.74, 6) is 0.987. The molecule has 2 aliphatic rings. The number of carbonyl (C=O) groups is 1. The van der Waals surface area contributed by atoms with Crippen LogP contribution in [-0.2, 0) is 11.2 Å². The van der Waals surface area contributed by atoms with Crippen molar-refractivity contribution in [3.8, 4) is 5.75 Å². The average molecular weight is 318 g/mol. The summed E-state index contributed by atoms with van der Waals surface area (Å²) in [6.07, 6.45) is 4.11. The molecule has 0 bridgehead atoms. The number of nitrogens with zero attached hydrogens (tertiary/aromatic N) is 2.